The molecule has 0 aromatic heterocycles. The zero-order chi connectivity index (χ0) is 21.1. The minimum Gasteiger partial charge on any atom is -0.497 e. The Bertz CT molecular complexity index is 984. The molecule has 3 atom stereocenters. The summed E-state index contributed by atoms with van der Waals surface area (Å²) in [6, 6.07) is 16.9. The lowest BCUT2D eigenvalue weighted by molar-refractivity contribution is -0.150. The number of methoxy groups -OCH3 is 1. The lowest BCUT2D eigenvalue weighted by Gasteiger charge is -2.61. The standard InChI is InChI=1S/C27H31NO3/c1-30-21-8-6-20(7-9-21)26-13-18-12-19(14-26)16-27(15-18,17-26)25(29)28-23-10-11-31-24-5-3-2-4-22(23)24/h2-9,18-19,23H,10-17H2,1H3,(H,28,29)/t18-,19-,23-,26?,27?/m1/s1. The molecule has 0 unspecified atom stereocenters. The lowest BCUT2D eigenvalue weighted by atomic mass is 9.42. The highest BCUT2D eigenvalue weighted by atomic mass is 16.5. The number of fused-ring (bicyclic) bond motifs is 1. The van der Waals surface area contributed by atoms with Crippen molar-refractivity contribution in [2.24, 2.45) is 17.3 Å². The second kappa shape index (κ2) is 7.01. The van der Waals surface area contributed by atoms with E-state index in [-0.39, 0.29) is 22.8 Å². The molecule has 1 N–H and O–H groups in total. The quantitative estimate of drug-likeness (QED) is 0.746. The molecule has 4 bridgehead atoms. The Hall–Kier alpha value is -2.49. The van der Waals surface area contributed by atoms with E-state index in [1.54, 1.807) is 7.11 Å². The van der Waals surface area contributed by atoms with Crippen LogP contribution in [-0.2, 0) is 10.2 Å². The van der Waals surface area contributed by atoms with Crippen LogP contribution < -0.4 is 14.8 Å². The van der Waals surface area contributed by atoms with Crippen molar-refractivity contribution < 1.29 is 14.3 Å². The summed E-state index contributed by atoms with van der Waals surface area (Å²) in [6.45, 7) is 0.663. The largest absolute Gasteiger partial charge is 0.497 e. The fourth-order valence-electron chi connectivity index (χ4n) is 7.61. The van der Waals surface area contributed by atoms with Gasteiger partial charge >= 0.3 is 0 Å². The molecule has 1 aliphatic heterocycles. The van der Waals surface area contributed by atoms with Gasteiger partial charge in [0, 0.05) is 12.0 Å². The average molecular weight is 418 g/mol. The number of ether oxygens (including phenoxy) is 2. The van der Waals surface area contributed by atoms with Gasteiger partial charge in [-0.1, -0.05) is 30.3 Å². The Morgan fingerprint density at radius 3 is 2.52 bits per heavy atom. The minimum atomic E-state index is -0.225. The van der Waals surface area contributed by atoms with E-state index in [1.807, 2.05) is 18.2 Å². The first kappa shape index (κ1) is 19.2. The van der Waals surface area contributed by atoms with Crippen LogP contribution in [0, 0.1) is 17.3 Å². The molecule has 4 aliphatic carbocycles. The van der Waals surface area contributed by atoms with Gasteiger partial charge in [-0.2, -0.15) is 0 Å². The zero-order valence-corrected chi connectivity index (χ0v) is 18.2. The van der Waals surface area contributed by atoms with E-state index in [1.165, 1.54) is 24.8 Å². The third kappa shape index (κ3) is 3.06. The molecule has 4 fully saturated rings. The number of para-hydroxylation sites is 1. The van der Waals surface area contributed by atoms with Crippen molar-refractivity contribution in [3.8, 4) is 11.5 Å². The van der Waals surface area contributed by atoms with Crippen LogP contribution in [0.25, 0.3) is 0 Å². The summed E-state index contributed by atoms with van der Waals surface area (Å²) in [6.07, 6.45) is 7.69. The van der Waals surface area contributed by atoms with E-state index in [4.69, 9.17) is 9.47 Å². The normalized spacial score (nSPS) is 35.2. The summed E-state index contributed by atoms with van der Waals surface area (Å²) in [4.78, 5) is 13.9. The zero-order valence-electron chi connectivity index (χ0n) is 18.2. The molecule has 1 amide bonds. The number of hydrogen-bond donors (Lipinski definition) is 1. The molecule has 31 heavy (non-hydrogen) atoms. The molecule has 0 spiro atoms. The lowest BCUT2D eigenvalue weighted by Crippen LogP contribution is -2.59. The molecular formula is C27H31NO3. The Balaban J connectivity index is 1.29. The highest BCUT2D eigenvalue weighted by molar-refractivity contribution is 5.84. The van der Waals surface area contributed by atoms with Crippen LogP contribution in [-0.4, -0.2) is 19.6 Å². The van der Waals surface area contributed by atoms with Crippen molar-refractivity contribution in [3.05, 3.63) is 59.7 Å². The SMILES string of the molecule is COc1ccc(C23C[C@H]4C[C@@H](CC(C(=O)N[C@@H]5CCOc6ccccc65)(C4)C2)C3)cc1. The number of nitrogens with one attached hydrogen (secondary N) is 1. The van der Waals surface area contributed by atoms with Crippen LogP contribution in [0.4, 0.5) is 0 Å². The number of benzene rings is 2. The molecule has 4 heteroatoms. The van der Waals surface area contributed by atoms with Crippen LogP contribution in [0.3, 0.4) is 0 Å². The van der Waals surface area contributed by atoms with Crippen molar-refractivity contribution in [2.75, 3.05) is 13.7 Å². The first-order valence-corrected chi connectivity index (χ1v) is 11.8. The Morgan fingerprint density at radius 1 is 1.03 bits per heavy atom. The molecule has 1 heterocycles. The highest BCUT2D eigenvalue weighted by Crippen LogP contribution is 2.66. The maximum absolute atomic E-state index is 13.9. The van der Waals surface area contributed by atoms with E-state index in [0.29, 0.717) is 18.4 Å². The highest BCUT2D eigenvalue weighted by Gasteiger charge is 2.61. The fraction of sp³-hybridized carbons (Fsp3) is 0.519. The third-order valence-electron chi connectivity index (χ3n) is 8.51. The van der Waals surface area contributed by atoms with Gasteiger partial charge in [0.2, 0.25) is 5.91 Å². The van der Waals surface area contributed by atoms with Gasteiger partial charge < -0.3 is 14.8 Å². The maximum atomic E-state index is 13.9. The van der Waals surface area contributed by atoms with Crippen LogP contribution in [0.5, 0.6) is 11.5 Å². The predicted molar refractivity (Wildman–Crippen MR) is 119 cm³/mol. The van der Waals surface area contributed by atoms with Crippen LogP contribution in [0.15, 0.2) is 48.5 Å². The third-order valence-corrected chi connectivity index (χ3v) is 8.51. The molecule has 4 saturated carbocycles. The molecule has 2 aromatic carbocycles. The van der Waals surface area contributed by atoms with Crippen molar-refractivity contribution in [3.63, 3.8) is 0 Å². The predicted octanol–water partition coefficient (Wildman–Crippen LogP) is 5.17. The monoisotopic (exact) mass is 417 g/mol. The Kier molecular flexibility index (Phi) is 4.35. The van der Waals surface area contributed by atoms with Gasteiger partial charge in [0.05, 0.1) is 25.2 Å². The van der Waals surface area contributed by atoms with Gasteiger partial charge in [0.25, 0.3) is 0 Å². The molecule has 0 saturated heterocycles. The molecule has 0 radical (unpaired) electrons. The van der Waals surface area contributed by atoms with Crippen LogP contribution in [0.1, 0.15) is 62.1 Å². The molecule has 5 aliphatic rings. The van der Waals surface area contributed by atoms with E-state index < -0.39 is 0 Å². The Morgan fingerprint density at radius 2 is 1.77 bits per heavy atom. The fourth-order valence-corrected chi connectivity index (χ4v) is 7.61. The minimum absolute atomic E-state index is 0.0578. The first-order chi connectivity index (χ1) is 15.1. The van der Waals surface area contributed by atoms with Crippen LogP contribution >= 0.6 is 0 Å². The van der Waals surface area contributed by atoms with Crippen molar-refractivity contribution in [1.29, 1.82) is 0 Å². The second-order valence-corrected chi connectivity index (χ2v) is 10.5. The maximum Gasteiger partial charge on any atom is 0.226 e. The van der Waals surface area contributed by atoms with E-state index in [9.17, 15) is 4.79 Å². The van der Waals surface area contributed by atoms with Crippen molar-refractivity contribution in [2.45, 2.75) is 56.4 Å². The average Bonchev–Trinajstić information content (AvgIpc) is 2.78. The molecule has 2 aromatic rings. The van der Waals surface area contributed by atoms with Gasteiger partial charge in [-0.25, -0.2) is 0 Å². The first-order valence-electron chi connectivity index (χ1n) is 11.8. The molecule has 7 rings (SSSR count). The van der Waals surface area contributed by atoms with E-state index in [0.717, 1.165) is 42.7 Å². The Labute approximate surface area is 184 Å². The van der Waals surface area contributed by atoms with E-state index >= 15 is 0 Å². The summed E-state index contributed by atoms with van der Waals surface area (Å²) >= 11 is 0. The summed E-state index contributed by atoms with van der Waals surface area (Å²) in [5.41, 5.74) is 2.44. The number of rotatable bonds is 4. The van der Waals surface area contributed by atoms with Gasteiger partial charge in [-0.15, -0.1) is 0 Å². The second-order valence-electron chi connectivity index (χ2n) is 10.5. The van der Waals surface area contributed by atoms with Gasteiger partial charge in [0.1, 0.15) is 11.5 Å². The van der Waals surface area contributed by atoms with Crippen LogP contribution in [0.2, 0.25) is 0 Å². The van der Waals surface area contributed by atoms with Gasteiger partial charge in [0.15, 0.2) is 0 Å². The molecular weight excluding hydrogens is 386 g/mol. The van der Waals surface area contributed by atoms with E-state index in [2.05, 4.69) is 35.6 Å². The number of carbonyl (C=O) groups excluding carboxylic acids is 1. The number of carbonyl (C=O) groups is 1. The van der Waals surface area contributed by atoms with Gasteiger partial charge in [-0.05, 0) is 79.5 Å². The van der Waals surface area contributed by atoms with Crippen molar-refractivity contribution >= 4 is 5.91 Å². The molecule has 162 valence electrons. The summed E-state index contributed by atoms with van der Waals surface area (Å²) in [7, 11) is 1.72. The number of amides is 1. The van der Waals surface area contributed by atoms with Gasteiger partial charge in [-0.3, -0.25) is 4.79 Å². The number of hydrogen-bond acceptors (Lipinski definition) is 3. The molecule has 4 nitrogen and oxygen atoms in total. The smallest absolute Gasteiger partial charge is 0.226 e. The summed E-state index contributed by atoms with van der Waals surface area (Å²) in [5.74, 6) is 3.42. The summed E-state index contributed by atoms with van der Waals surface area (Å²) < 4.78 is 11.2. The summed E-state index contributed by atoms with van der Waals surface area (Å²) in [5, 5.41) is 3.48. The van der Waals surface area contributed by atoms with Crippen molar-refractivity contribution in [1.82, 2.24) is 5.32 Å². The topological polar surface area (TPSA) is 47.6 Å².